The number of thiocarbonyl (C=S) groups is 1. The molecule has 25 heavy (non-hydrogen) atoms. The van der Waals surface area contributed by atoms with Crippen molar-refractivity contribution in [2.24, 2.45) is 0 Å². The number of benzene rings is 2. The Kier molecular flexibility index (Phi) is 4.79. The maximum Gasteiger partial charge on any atom is 0.193 e. The lowest BCUT2D eigenvalue weighted by Crippen LogP contribution is -2.45. The summed E-state index contributed by atoms with van der Waals surface area (Å²) in [5.74, 6) is -0.0771. The van der Waals surface area contributed by atoms with E-state index < -0.39 is 6.04 Å². The second-order valence-electron chi connectivity index (χ2n) is 5.85. The summed E-state index contributed by atoms with van der Waals surface area (Å²) >= 11 is 11.4. The van der Waals surface area contributed by atoms with Crippen LogP contribution in [0.25, 0.3) is 0 Å². The summed E-state index contributed by atoms with van der Waals surface area (Å²) in [7, 11) is 1.82. The predicted molar refractivity (Wildman–Crippen MR) is 103 cm³/mol. The van der Waals surface area contributed by atoms with Crippen molar-refractivity contribution in [1.29, 1.82) is 0 Å². The van der Waals surface area contributed by atoms with Gasteiger partial charge in [0.1, 0.15) is 5.75 Å². The Morgan fingerprint density at radius 2 is 1.92 bits per heavy atom. The second-order valence-corrected chi connectivity index (χ2v) is 6.64. The van der Waals surface area contributed by atoms with Crippen molar-refractivity contribution in [1.82, 2.24) is 10.2 Å². The first-order valence-electron chi connectivity index (χ1n) is 7.73. The van der Waals surface area contributed by atoms with E-state index in [0.717, 1.165) is 11.3 Å². The minimum atomic E-state index is -0.436. The molecule has 0 saturated heterocycles. The molecular formula is C19H17ClN2O2S. The van der Waals surface area contributed by atoms with Crippen LogP contribution in [0.15, 0.2) is 59.8 Å². The summed E-state index contributed by atoms with van der Waals surface area (Å²) in [5, 5.41) is 13.6. The second kappa shape index (κ2) is 6.86. The number of phenols is 1. The van der Waals surface area contributed by atoms with Crippen LogP contribution < -0.4 is 5.32 Å². The van der Waals surface area contributed by atoms with E-state index >= 15 is 0 Å². The number of halogens is 1. The number of rotatable bonds is 3. The van der Waals surface area contributed by atoms with Gasteiger partial charge in [-0.2, -0.15) is 0 Å². The van der Waals surface area contributed by atoms with Gasteiger partial charge in [-0.05, 0) is 36.8 Å². The molecule has 1 aliphatic rings. The maximum absolute atomic E-state index is 13.1. The molecule has 4 nitrogen and oxygen atoms in total. The lowest BCUT2D eigenvalue weighted by atomic mass is 9.89. The summed E-state index contributed by atoms with van der Waals surface area (Å²) in [5.41, 5.74) is 2.75. The number of hydrogen-bond donors (Lipinski definition) is 2. The fourth-order valence-electron chi connectivity index (χ4n) is 2.83. The van der Waals surface area contributed by atoms with Gasteiger partial charge in [-0.3, -0.25) is 4.79 Å². The number of hydrogen-bond acceptors (Lipinski definition) is 3. The highest BCUT2D eigenvalue weighted by Gasteiger charge is 2.33. The Morgan fingerprint density at radius 1 is 1.24 bits per heavy atom. The first-order valence-corrected chi connectivity index (χ1v) is 8.52. The number of ketones is 1. The fraction of sp³-hybridized carbons (Fsp3) is 0.158. The summed E-state index contributed by atoms with van der Waals surface area (Å²) in [6, 6.07) is 13.6. The molecule has 2 aromatic rings. The van der Waals surface area contributed by atoms with Gasteiger partial charge >= 0.3 is 0 Å². The number of nitrogens with one attached hydrogen (secondary N) is 1. The van der Waals surface area contributed by atoms with Crippen LogP contribution in [0.1, 0.15) is 28.9 Å². The van der Waals surface area contributed by atoms with Crippen LogP contribution in [-0.4, -0.2) is 27.9 Å². The number of carbonyl (C=O) groups is 1. The van der Waals surface area contributed by atoms with Gasteiger partial charge < -0.3 is 15.3 Å². The molecule has 3 rings (SSSR count). The van der Waals surface area contributed by atoms with E-state index in [1.165, 1.54) is 6.07 Å². The molecule has 0 saturated carbocycles. The van der Waals surface area contributed by atoms with Gasteiger partial charge in [0.2, 0.25) is 0 Å². The fourth-order valence-corrected chi connectivity index (χ4v) is 3.27. The molecule has 1 atom stereocenters. The Morgan fingerprint density at radius 3 is 2.56 bits per heavy atom. The minimum Gasteiger partial charge on any atom is -0.506 e. The molecule has 1 heterocycles. The normalized spacial score (nSPS) is 17.5. The Labute approximate surface area is 156 Å². The number of carbonyl (C=O) groups excluding carboxylic acids is 1. The molecule has 0 fully saturated rings. The molecule has 2 N–H and O–H groups in total. The highest BCUT2D eigenvalue weighted by Crippen LogP contribution is 2.35. The number of Topliss-reactive ketones (excluding diaryl/α,β-unsaturated/α-hetero) is 1. The Hall–Kier alpha value is -2.37. The van der Waals surface area contributed by atoms with E-state index in [1.54, 1.807) is 29.2 Å². The van der Waals surface area contributed by atoms with Crippen molar-refractivity contribution in [3.8, 4) is 5.75 Å². The molecule has 6 heteroatoms. The third-order valence-electron chi connectivity index (χ3n) is 4.34. The van der Waals surface area contributed by atoms with Crippen LogP contribution in [0, 0.1) is 0 Å². The first kappa shape index (κ1) is 17.5. The molecule has 1 aliphatic heterocycles. The molecule has 2 aromatic carbocycles. The zero-order valence-electron chi connectivity index (χ0n) is 13.8. The molecule has 0 radical (unpaired) electrons. The number of nitrogens with zero attached hydrogens (tertiary/aromatic N) is 1. The van der Waals surface area contributed by atoms with Gasteiger partial charge in [-0.15, -0.1) is 0 Å². The van der Waals surface area contributed by atoms with Crippen molar-refractivity contribution in [3.05, 3.63) is 76.0 Å². The van der Waals surface area contributed by atoms with Gasteiger partial charge in [0.15, 0.2) is 10.9 Å². The summed E-state index contributed by atoms with van der Waals surface area (Å²) < 4.78 is 0. The first-order chi connectivity index (χ1) is 11.9. The van der Waals surface area contributed by atoms with E-state index in [9.17, 15) is 9.90 Å². The van der Waals surface area contributed by atoms with E-state index in [2.05, 4.69) is 5.32 Å². The molecule has 0 aromatic heterocycles. The quantitative estimate of drug-likeness (QED) is 0.628. The van der Waals surface area contributed by atoms with Gasteiger partial charge in [0, 0.05) is 23.9 Å². The zero-order valence-corrected chi connectivity index (χ0v) is 15.4. The predicted octanol–water partition coefficient (Wildman–Crippen LogP) is 4.06. The molecule has 128 valence electrons. The average Bonchev–Trinajstić information content (AvgIpc) is 2.62. The average molecular weight is 373 g/mol. The number of allylic oxidation sites excluding steroid dienone is 1. The molecule has 0 amide bonds. The largest absolute Gasteiger partial charge is 0.506 e. The Balaban J connectivity index is 2.13. The van der Waals surface area contributed by atoms with Crippen molar-refractivity contribution >= 4 is 34.7 Å². The lowest BCUT2D eigenvalue weighted by Gasteiger charge is -2.36. The summed E-state index contributed by atoms with van der Waals surface area (Å²) in [6.45, 7) is 1.87. The number of aromatic hydroxyl groups is 1. The summed E-state index contributed by atoms with van der Waals surface area (Å²) in [4.78, 5) is 14.9. The third kappa shape index (κ3) is 3.25. The van der Waals surface area contributed by atoms with Gasteiger partial charge in [0.05, 0.1) is 11.1 Å². The van der Waals surface area contributed by atoms with E-state index in [4.69, 9.17) is 23.8 Å². The van der Waals surface area contributed by atoms with Gasteiger partial charge in [-0.1, -0.05) is 48.0 Å². The van der Waals surface area contributed by atoms with Gasteiger partial charge in [0.25, 0.3) is 0 Å². The van der Waals surface area contributed by atoms with Crippen molar-refractivity contribution in [3.63, 3.8) is 0 Å². The highest BCUT2D eigenvalue weighted by molar-refractivity contribution is 7.80. The van der Waals surface area contributed by atoms with E-state index in [-0.39, 0.29) is 16.6 Å². The van der Waals surface area contributed by atoms with Crippen LogP contribution in [0.5, 0.6) is 5.75 Å². The van der Waals surface area contributed by atoms with Crippen LogP contribution >= 0.6 is 23.8 Å². The van der Waals surface area contributed by atoms with Crippen LogP contribution in [0.4, 0.5) is 0 Å². The molecule has 0 bridgehead atoms. The zero-order chi connectivity index (χ0) is 18.1. The highest BCUT2D eigenvalue weighted by atomic mass is 35.5. The van der Waals surface area contributed by atoms with Gasteiger partial charge in [-0.25, -0.2) is 0 Å². The van der Waals surface area contributed by atoms with Crippen LogP contribution in [0.2, 0.25) is 5.02 Å². The van der Waals surface area contributed by atoms with Crippen LogP contribution in [-0.2, 0) is 0 Å². The smallest absolute Gasteiger partial charge is 0.193 e. The standard InChI is InChI=1S/C19H17ClN2O2S/c1-11-16(18(24)12-6-4-3-5-7-12)17(21-19(25)22(11)2)13-8-9-15(23)14(20)10-13/h3-10,17,23H,1-2H3,(H,21,25). The number of phenolic OH excluding ortho intramolecular Hbond substituents is 1. The lowest BCUT2D eigenvalue weighted by molar-refractivity contribution is 0.102. The molecule has 0 spiro atoms. The third-order valence-corrected chi connectivity index (χ3v) is 5.03. The molecule has 0 aliphatic carbocycles. The summed E-state index contributed by atoms with van der Waals surface area (Å²) in [6.07, 6.45) is 0. The SMILES string of the molecule is CC1=C(C(=O)c2ccccc2)C(c2ccc(O)c(Cl)c2)NC(=S)N1C. The topological polar surface area (TPSA) is 52.6 Å². The minimum absolute atomic E-state index is 0.00226. The monoisotopic (exact) mass is 372 g/mol. The van der Waals surface area contributed by atoms with Crippen molar-refractivity contribution < 1.29 is 9.90 Å². The van der Waals surface area contributed by atoms with E-state index in [0.29, 0.717) is 16.2 Å². The van der Waals surface area contributed by atoms with E-state index in [1.807, 2.05) is 32.2 Å². The maximum atomic E-state index is 13.1. The van der Waals surface area contributed by atoms with Crippen LogP contribution in [0.3, 0.4) is 0 Å². The van der Waals surface area contributed by atoms with Crippen molar-refractivity contribution in [2.45, 2.75) is 13.0 Å². The molecule has 1 unspecified atom stereocenters. The Bertz CT molecular complexity index is 880. The van der Waals surface area contributed by atoms with Crippen molar-refractivity contribution in [2.75, 3.05) is 7.05 Å². The molecular weight excluding hydrogens is 356 g/mol.